The lowest BCUT2D eigenvalue weighted by Crippen LogP contribution is -2.37. The lowest BCUT2D eigenvalue weighted by atomic mass is 10.0. The first kappa shape index (κ1) is 25.9. The van der Waals surface area contributed by atoms with Gasteiger partial charge in [0.25, 0.3) is 5.91 Å². The Bertz CT molecular complexity index is 1160. The molecule has 2 aromatic carbocycles. The minimum absolute atomic E-state index is 0.0333. The number of halogens is 3. The van der Waals surface area contributed by atoms with E-state index < -0.39 is 29.7 Å². The molecule has 0 fully saturated rings. The molecular weight excluding hydrogens is 487 g/mol. The molecular formula is C22H22F3N5O4S. The number of aliphatic hydroxyl groups excluding tert-OH is 1. The molecule has 0 aliphatic heterocycles. The standard InChI is InChI=1S/C22H22F3N5O4S/c23-22(24,25)15-5-1-3-13(11-15)16(7-9-27-20(32)17-8-10-34-29-17)28-21(33)30-35-18-6-2-4-14(12-31)19(18)26/h1-6,8,10-11,16,31H,7,9,12,26H2,(H,27,32)(H2,28,30,33). The molecule has 0 aliphatic carbocycles. The van der Waals surface area contributed by atoms with Crippen LogP contribution in [0.5, 0.6) is 0 Å². The van der Waals surface area contributed by atoms with Crippen molar-refractivity contribution in [1.29, 1.82) is 0 Å². The van der Waals surface area contributed by atoms with Crippen LogP contribution in [0, 0.1) is 0 Å². The number of nitrogen functional groups attached to an aromatic ring is 1. The predicted octanol–water partition coefficient (Wildman–Crippen LogP) is 3.64. The molecule has 1 atom stereocenters. The van der Waals surface area contributed by atoms with Gasteiger partial charge in [-0.05, 0) is 42.1 Å². The number of nitrogens with one attached hydrogen (secondary N) is 3. The summed E-state index contributed by atoms with van der Waals surface area (Å²) in [5.74, 6) is -0.527. The molecule has 0 saturated carbocycles. The van der Waals surface area contributed by atoms with Gasteiger partial charge in [0.2, 0.25) is 0 Å². The summed E-state index contributed by atoms with van der Waals surface area (Å²) in [7, 11) is 0. The highest BCUT2D eigenvalue weighted by Crippen LogP contribution is 2.31. The second-order valence-corrected chi connectivity index (χ2v) is 8.12. The largest absolute Gasteiger partial charge is 0.416 e. The number of anilines is 1. The van der Waals surface area contributed by atoms with Gasteiger partial charge in [0.1, 0.15) is 6.26 Å². The van der Waals surface area contributed by atoms with Crippen LogP contribution in [0.15, 0.2) is 64.2 Å². The third kappa shape index (κ3) is 7.13. The smallest absolute Gasteiger partial charge is 0.397 e. The Morgan fingerprint density at radius 1 is 1.17 bits per heavy atom. The number of nitrogens with zero attached hydrogens (tertiary/aromatic N) is 1. The number of hydrogen-bond donors (Lipinski definition) is 5. The van der Waals surface area contributed by atoms with Gasteiger partial charge in [-0.2, -0.15) is 13.2 Å². The fraction of sp³-hybridized carbons (Fsp3) is 0.227. The SMILES string of the molecule is Nc1c(CO)cccc1SNC(=O)NC(CCNC(=O)c1ccon1)c1cccc(C(F)(F)F)c1. The Kier molecular flexibility index (Phi) is 8.60. The zero-order chi connectivity index (χ0) is 25.4. The van der Waals surface area contributed by atoms with E-state index in [2.05, 4.69) is 25.0 Å². The Labute approximate surface area is 202 Å². The summed E-state index contributed by atoms with van der Waals surface area (Å²) in [6.07, 6.45) is -3.24. The highest BCUT2D eigenvalue weighted by molar-refractivity contribution is 7.98. The van der Waals surface area contributed by atoms with Gasteiger partial charge < -0.3 is 26.0 Å². The number of aromatic nitrogens is 1. The molecule has 1 heterocycles. The second kappa shape index (κ2) is 11.6. The van der Waals surface area contributed by atoms with Gasteiger partial charge in [-0.1, -0.05) is 29.4 Å². The van der Waals surface area contributed by atoms with Crippen LogP contribution in [0.25, 0.3) is 0 Å². The van der Waals surface area contributed by atoms with E-state index in [4.69, 9.17) is 5.73 Å². The molecule has 6 N–H and O–H groups in total. The van der Waals surface area contributed by atoms with Crippen LogP contribution in [0.1, 0.15) is 39.6 Å². The molecule has 0 radical (unpaired) electrons. The average Bonchev–Trinajstić information content (AvgIpc) is 3.37. The van der Waals surface area contributed by atoms with Crippen LogP contribution < -0.4 is 21.1 Å². The summed E-state index contributed by atoms with van der Waals surface area (Å²) in [4.78, 5) is 25.1. The van der Waals surface area contributed by atoms with Crippen molar-refractivity contribution in [2.75, 3.05) is 12.3 Å². The van der Waals surface area contributed by atoms with E-state index in [-0.39, 0.29) is 30.8 Å². The molecule has 0 saturated heterocycles. The van der Waals surface area contributed by atoms with E-state index in [1.54, 1.807) is 18.2 Å². The Morgan fingerprint density at radius 3 is 2.63 bits per heavy atom. The normalized spacial score (nSPS) is 12.1. The van der Waals surface area contributed by atoms with Crippen molar-refractivity contribution in [3.05, 3.63) is 77.2 Å². The van der Waals surface area contributed by atoms with Crippen molar-refractivity contribution in [1.82, 2.24) is 20.5 Å². The molecule has 1 aromatic heterocycles. The molecule has 186 valence electrons. The van der Waals surface area contributed by atoms with Crippen molar-refractivity contribution in [2.45, 2.75) is 30.1 Å². The number of urea groups is 1. The summed E-state index contributed by atoms with van der Waals surface area (Å²) in [5.41, 5.74) is 6.13. The van der Waals surface area contributed by atoms with Crippen LogP contribution in [0.4, 0.5) is 23.7 Å². The lowest BCUT2D eigenvalue weighted by Gasteiger charge is -2.21. The van der Waals surface area contributed by atoms with Crippen molar-refractivity contribution >= 4 is 29.6 Å². The molecule has 35 heavy (non-hydrogen) atoms. The lowest BCUT2D eigenvalue weighted by molar-refractivity contribution is -0.137. The van der Waals surface area contributed by atoms with E-state index in [0.717, 1.165) is 24.1 Å². The quantitative estimate of drug-likeness (QED) is 0.219. The molecule has 9 nitrogen and oxygen atoms in total. The Hall–Kier alpha value is -3.71. The number of nitrogens with two attached hydrogens (primary N) is 1. The second-order valence-electron chi connectivity index (χ2n) is 7.27. The summed E-state index contributed by atoms with van der Waals surface area (Å²) in [6, 6.07) is 9.32. The summed E-state index contributed by atoms with van der Waals surface area (Å²) < 4.78 is 46.8. The monoisotopic (exact) mass is 509 g/mol. The van der Waals surface area contributed by atoms with E-state index in [1.165, 1.54) is 24.5 Å². The van der Waals surface area contributed by atoms with Gasteiger partial charge in [-0.3, -0.25) is 9.52 Å². The van der Waals surface area contributed by atoms with Gasteiger partial charge in [-0.25, -0.2) is 4.79 Å². The third-order valence-electron chi connectivity index (χ3n) is 4.89. The number of para-hydroxylation sites is 1. The minimum atomic E-state index is -4.56. The number of amides is 3. The predicted molar refractivity (Wildman–Crippen MR) is 122 cm³/mol. The van der Waals surface area contributed by atoms with E-state index in [1.807, 2.05) is 0 Å². The van der Waals surface area contributed by atoms with E-state index in [0.29, 0.717) is 16.1 Å². The molecule has 0 bridgehead atoms. The van der Waals surface area contributed by atoms with Crippen molar-refractivity contribution < 1.29 is 32.4 Å². The van der Waals surface area contributed by atoms with Crippen LogP contribution in [-0.2, 0) is 12.8 Å². The van der Waals surface area contributed by atoms with Gasteiger partial charge >= 0.3 is 12.2 Å². The van der Waals surface area contributed by atoms with Gasteiger partial charge in [-0.15, -0.1) is 0 Å². The summed E-state index contributed by atoms with van der Waals surface area (Å²) >= 11 is 0.890. The average molecular weight is 510 g/mol. The van der Waals surface area contributed by atoms with Crippen molar-refractivity contribution in [3.63, 3.8) is 0 Å². The van der Waals surface area contributed by atoms with Gasteiger partial charge in [0.15, 0.2) is 5.69 Å². The molecule has 3 aromatic rings. The third-order valence-corrected chi connectivity index (χ3v) is 5.75. The van der Waals surface area contributed by atoms with Crippen LogP contribution in [0.3, 0.4) is 0 Å². The number of hydrogen-bond acceptors (Lipinski definition) is 7. The zero-order valence-corrected chi connectivity index (χ0v) is 18.9. The number of carbonyl (C=O) groups is 2. The van der Waals surface area contributed by atoms with Crippen molar-refractivity contribution in [3.8, 4) is 0 Å². The zero-order valence-electron chi connectivity index (χ0n) is 18.1. The highest BCUT2D eigenvalue weighted by atomic mass is 32.2. The summed E-state index contributed by atoms with van der Waals surface area (Å²) in [5, 5.41) is 18.0. The number of rotatable bonds is 9. The van der Waals surface area contributed by atoms with Crippen LogP contribution in [-0.4, -0.2) is 28.7 Å². The number of benzene rings is 2. The maximum Gasteiger partial charge on any atom is 0.416 e. The summed E-state index contributed by atoms with van der Waals surface area (Å²) in [6.45, 7) is -0.240. The van der Waals surface area contributed by atoms with Crippen LogP contribution in [0.2, 0.25) is 0 Å². The molecule has 0 spiro atoms. The molecule has 1 unspecified atom stereocenters. The minimum Gasteiger partial charge on any atom is -0.397 e. The number of alkyl halides is 3. The van der Waals surface area contributed by atoms with Gasteiger partial charge in [0.05, 0.1) is 28.8 Å². The first-order chi connectivity index (χ1) is 16.7. The number of aliphatic hydroxyl groups is 1. The fourth-order valence-electron chi connectivity index (χ4n) is 3.11. The van der Waals surface area contributed by atoms with E-state index >= 15 is 0 Å². The Morgan fingerprint density at radius 2 is 1.94 bits per heavy atom. The topological polar surface area (TPSA) is 143 Å². The van der Waals surface area contributed by atoms with Crippen LogP contribution >= 0.6 is 11.9 Å². The Balaban J connectivity index is 1.69. The maximum atomic E-state index is 13.2. The molecule has 3 rings (SSSR count). The first-order valence-corrected chi connectivity index (χ1v) is 11.1. The van der Waals surface area contributed by atoms with Gasteiger partial charge in [0, 0.05) is 18.2 Å². The van der Waals surface area contributed by atoms with E-state index in [9.17, 15) is 27.9 Å². The maximum absolute atomic E-state index is 13.2. The molecule has 3 amide bonds. The molecule has 0 aliphatic rings. The number of carbonyl (C=O) groups excluding carboxylic acids is 2. The molecule has 13 heteroatoms. The first-order valence-electron chi connectivity index (χ1n) is 10.3. The highest BCUT2D eigenvalue weighted by Gasteiger charge is 2.31. The van der Waals surface area contributed by atoms with Crippen molar-refractivity contribution in [2.24, 2.45) is 0 Å². The fourth-order valence-corrected chi connectivity index (χ4v) is 3.76.